The lowest BCUT2D eigenvalue weighted by molar-refractivity contribution is -0.0787. The number of allylic oxidation sites excluding steroid dienone is 1. The second kappa shape index (κ2) is 9.45. The van der Waals surface area contributed by atoms with Crippen LogP contribution >= 0.6 is 0 Å². The van der Waals surface area contributed by atoms with E-state index in [-0.39, 0.29) is 35.0 Å². The molecule has 0 amide bonds. The van der Waals surface area contributed by atoms with Crippen molar-refractivity contribution in [2.45, 2.75) is 77.4 Å². The van der Waals surface area contributed by atoms with E-state index in [4.69, 9.17) is 9.47 Å². The molecular formula is C33H38O4. The lowest BCUT2D eigenvalue weighted by Gasteiger charge is -2.57. The standard InChI is InChI=1S/C33H38O4/c1-32-19-17-25(36-30(34)22-9-5-3-6-10-22)21-24(32)13-14-26-27-15-16-29(33(27,2)20-18-28(26)32)37-31(35)23-11-7-4-8-12-23/h3-13,25-29H,14-21H2,1-2H3/t25-,26-,27-,28-,29+,32+,33+/m1/s1. The summed E-state index contributed by atoms with van der Waals surface area (Å²) in [6, 6.07) is 18.7. The number of carbonyl (C=O) groups excluding carboxylic acids is 2. The summed E-state index contributed by atoms with van der Waals surface area (Å²) in [4.78, 5) is 25.5. The summed E-state index contributed by atoms with van der Waals surface area (Å²) in [5.74, 6) is 1.48. The van der Waals surface area contributed by atoms with Crippen molar-refractivity contribution in [1.29, 1.82) is 0 Å². The molecule has 0 bridgehead atoms. The number of benzene rings is 2. The van der Waals surface area contributed by atoms with Crippen molar-refractivity contribution in [3.05, 3.63) is 83.4 Å². The quantitative estimate of drug-likeness (QED) is 0.325. The molecule has 4 aliphatic rings. The largest absolute Gasteiger partial charge is 0.458 e. The zero-order valence-electron chi connectivity index (χ0n) is 22.0. The first-order chi connectivity index (χ1) is 17.9. The Morgan fingerprint density at radius 1 is 0.757 bits per heavy atom. The van der Waals surface area contributed by atoms with Crippen LogP contribution in [0.3, 0.4) is 0 Å². The first-order valence-corrected chi connectivity index (χ1v) is 14.1. The Labute approximate surface area is 220 Å². The van der Waals surface area contributed by atoms with Gasteiger partial charge >= 0.3 is 11.9 Å². The van der Waals surface area contributed by atoms with E-state index in [1.165, 1.54) is 12.0 Å². The van der Waals surface area contributed by atoms with E-state index in [0.717, 1.165) is 44.9 Å². The van der Waals surface area contributed by atoms with Gasteiger partial charge < -0.3 is 9.47 Å². The molecule has 0 N–H and O–H groups in total. The van der Waals surface area contributed by atoms with Gasteiger partial charge in [0.05, 0.1) is 11.1 Å². The second-order valence-electron chi connectivity index (χ2n) is 12.3. The highest BCUT2D eigenvalue weighted by Crippen LogP contribution is 2.65. The van der Waals surface area contributed by atoms with E-state index >= 15 is 0 Å². The monoisotopic (exact) mass is 498 g/mol. The molecule has 4 aliphatic carbocycles. The molecule has 37 heavy (non-hydrogen) atoms. The van der Waals surface area contributed by atoms with Gasteiger partial charge in [-0.15, -0.1) is 0 Å². The van der Waals surface area contributed by atoms with E-state index in [0.29, 0.717) is 28.9 Å². The van der Waals surface area contributed by atoms with Crippen LogP contribution in [0.15, 0.2) is 72.3 Å². The fourth-order valence-electron chi connectivity index (χ4n) is 8.44. The fourth-order valence-corrected chi connectivity index (χ4v) is 8.44. The predicted octanol–water partition coefficient (Wildman–Crippen LogP) is 7.40. The normalized spacial score (nSPS) is 36.4. The highest BCUT2D eigenvalue weighted by atomic mass is 16.5. The van der Waals surface area contributed by atoms with Crippen molar-refractivity contribution in [1.82, 2.24) is 0 Å². The van der Waals surface area contributed by atoms with Gasteiger partial charge in [-0.05, 0) is 92.4 Å². The average Bonchev–Trinajstić information content (AvgIpc) is 3.25. The van der Waals surface area contributed by atoms with Gasteiger partial charge in [0, 0.05) is 11.8 Å². The molecule has 7 atom stereocenters. The molecule has 0 heterocycles. The van der Waals surface area contributed by atoms with Gasteiger partial charge in [-0.2, -0.15) is 0 Å². The molecule has 0 aliphatic heterocycles. The molecular weight excluding hydrogens is 460 g/mol. The van der Waals surface area contributed by atoms with Crippen LogP contribution in [0.1, 0.15) is 85.9 Å². The third kappa shape index (κ3) is 4.23. The first kappa shape index (κ1) is 24.5. The molecule has 6 rings (SSSR count). The van der Waals surface area contributed by atoms with E-state index in [1.54, 1.807) is 0 Å². The van der Waals surface area contributed by atoms with Gasteiger partial charge in [-0.3, -0.25) is 0 Å². The second-order valence-corrected chi connectivity index (χ2v) is 12.3. The topological polar surface area (TPSA) is 52.6 Å². The molecule has 0 saturated heterocycles. The van der Waals surface area contributed by atoms with Crippen molar-refractivity contribution in [2.75, 3.05) is 0 Å². The van der Waals surface area contributed by atoms with Gasteiger partial charge in [0.15, 0.2) is 0 Å². The smallest absolute Gasteiger partial charge is 0.338 e. The highest BCUT2D eigenvalue weighted by Gasteiger charge is 2.59. The number of esters is 2. The Morgan fingerprint density at radius 2 is 1.41 bits per heavy atom. The van der Waals surface area contributed by atoms with E-state index in [2.05, 4.69) is 19.9 Å². The summed E-state index contributed by atoms with van der Waals surface area (Å²) in [5, 5.41) is 0. The maximum atomic E-state index is 12.9. The molecule has 3 saturated carbocycles. The van der Waals surface area contributed by atoms with Crippen molar-refractivity contribution >= 4 is 11.9 Å². The molecule has 2 aromatic carbocycles. The van der Waals surface area contributed by atoms with Crippen molar-refractivity contribution < 1.29 is 19.1 Å². The minimum atomic E-state index is -0.209. The van der Waals surface area contributed by atoms with Crippen LogP contribution < -0.4 is 0 Å². The molecule has 4 heteroatoms. The maximum absolute atomic E-state index is 12.9. The van der Waals surface area contributed by atoms with Crippen LogP contribution in [0.5, 0.6) is 0 Å². The first-order valence-electron chi connectivity index (χ1n) is 14.1. The van der Waals surface area contributed by atoms with Crippen LogP contribution in [0.25, 0.3) is 0 Å². The molecule has 0 spiro atoms. The summed E-state index contributed by atoms with van der Waals surface area (Å²) in [6.07, 6.45) is 10.8. The minimum absolute atomic E-state index is 0.00234. The van der Waals surface area contributed by atoms with Crippen molar-refractivity contribution in [3.63, 3.8) is 0 Å². The van der Waals surface area contributed by atoms with E-state index < -0.39 is 0 Å². The number of ether oxygens (including phenoxy) is 2. The van der Waals surface area contributed by atoms with Gasteiger partial charge in [0.2, 0.25) is 0 Å². The van der Waals surface area contributed by atoms with Crippen LogP contribution in [-0.4, -0.2) is 24.1 Å². The van der Waals surface area contributed by atoms with Crippen molar-refractivity contribution in [2.24, 2.45) is 28.6 Å². The Hall–Kier alpha value is -2.88. The molecule has 2 aromatic rings. The number of fused-ring (bicyclic) bond motifs is 5. The average molecular weight is 499 g/mol. The van der Waals surface area contributed by atoms with E-state index in [1.807, 2.05) is 60.7 Å². The van der Waals surface area contributed by atoms with Gasteiger partial charge in [-0.1, -0.05) is 61.9 Å². The zero-order chi connectivity index (χ0) is 25.6. The lowest BCUT2D eigenvalue weighted by atomic mass is 9.48. The molecule has 3 fully saturated rings. The predicted molar refractivity (Wildman–Crippen MR) is 143 cm³/mol. The fraction of sp³-hybridized carbons (Fsp3) is 0.515. The van der Waals surface area contributed by atoms with Crippen LogP contribution in [0.4, 0.5) is 0 Å². The SMILES string of the molecule is C[C@]12CC[C@@H]3[C@H](CC=C4C[C@H](OC(=O)c5ccccc5)CC[C@@]43C)[C@H]1CC[C@@H]2OC(=O)c1ccccc1. The zero-order valence-corrected chi connectivity index (χ0v) is 22.0. The molecule has 194 valence electrons. The molecule has 0 unspecified atom stereocenters. The Balaban J connectivity index is 1.15. The molecule has 0 radical (unpaired) electrons. The van der Waals surface area contributed by atoms with Gasteiger partial charge in [0.1, 0.15) is 12.2 Å². The van der Waals surface area contributed by atoms with Crippen molar-refractivity contribution in [3.8, 4) is 0 Å². The van der Waals surface area contributed by atoms with Crippen LogP contribution in [0.2, 0.25) is 0 Å². The summed E-state index contributed by atoms with van der Waals surface area (Å²) in [6.45, 7) is 4.85. The van der Waals surface area contributed by atoms with Gasteiger partial charge in [0.25, 0.3) is 0 Å². The molecule has 0 aromatic heterocycles. The number of rotatable bonds is 4. The third-order valence-electron chi connectivity index (χ3n) is 10.5. The lowest BCUT2D eigenvalue weighted by Crippen LogP contribution is -2.51. The van der Waals surface area contributed by atoms with E-state index in [9.17, 15) is 9.59 Å². The maximum Gasteiger partial charge on any atom is 0.338 e. The summed E-state index contributed by atoms with van der Waals surface area (Å²) >= 11 is 0. The summed E-state index contributed by atoms with van der Waals surface area (Å²) in [7, 11) is 0. The Bertz CT molecular complexity index is 1190. The van der Waals surface area contributed by atoms with Crippen LogP contribution in [0, 0.1) is 28.6 Å². The number of carbonyl (C=O) groups is 2. The van der Waals surface area contributed by atoms with Crippen LogP contribution in [-0.2, 0) is 9.47 Å². The Morgan fingerprint density at radius 3 is 2.08 bits per heavy atom. The summed E-state index contributed by atoms with van der Waals surface area (Å²) < 4.78 is 12.1. The Kier molecular flexibility index (Phi) is 6.25. The molecule has 4 nitrogen and oxygen atoms in total. The minimum Gasteiger partial charge on any atom is -0.458 e. The number of hydrogen-bond acceptors (Lipinski definition) is 4. The van der Waals surface area contributed by atoms with Gasteiger partial charge in [-0.25, -0.2) is 9.59 Å². The third-order valence-corrected chi connectivity index (χ3v) is 10.5. The number of hydrogen-bond donors (Lipinski definition) is 0. The highest BCUT2D eigenvalue weighted by molar-refractivity contribution is 5.90. The summed E-state index contributed by atoms with van der Waals surface area (Å²) in [5.41, 5.74) is 3.00.